The predicted molar refractivity (Wildman–Crippen MR) is 96.2 cm³/mol. The molecule has 132 valence electrons. The summed E-state index contributed by atoms with van der Waals surface area (Å²) in [6.45, 7) is 1.97. The lowest BCUT2D eigenvalue weighted by Gasteiger charge is -2.12. The Morgan fingerprint density at radius 1 is 1.04 bits per heavy atom. The minimum Gasteiger partial charge on any atom is -0.493 e. The molecule has 0 spiro atoms. The smallest absolute Gasteiger partial charge is 0.161 e. The molecule has 0 fully saturated rings. The number of methoxy groups -OCH3 is 1. The number of nitriles is 1. The van der Waals surface area contributed by atoms with Crippen molar-refractivity contribution in [3.63, 3.8) is 0 Å². The molecule has 0 aliphatic heterocycles. The van der Waals surface area contributed by atoms with Crippen LogP contribution in [-0.2, 0) is 19.7 Å². The Morgan fingerprint density at radius 3 is 2.52 bits per heavy atom. The van der Waals surface area contributed by atoms with E-state index in [4.69, 9.17) is 14.7 Å². The molecule has 2 N–H and O–H groups in total. The van der Waals surface area contributed by atoms with Crippen molar-refractivity contribution in [1.82, 2.24) is 5.32 Å². The topological polar surface area (TPSA) is 74.5 Å². The molecule has 0 aliphatic carbocycles. The maximum Gasteiger partial charge on any atom is 0.161 e. The van der Waals surface area contributed by atoms with Crippen molar-refractivity contribution < 1.29 is 14.6 Å². The van der Waals surface area contributed by atoms with Gasteiger partial charge in [0.05, 0.1) is 26.4 Å². The van der Waals surface area contributed by atoms with Crippen LogP contribution in [0, 0.1) is 11.3 Å². The van der Waals surface area contributed by atoms with Gasteiger partial charge in [0.2, 0.25) is 0 Å². The van der Waals surface area contributed by atoms with Gasteiger partial charge in [-0.25, -0.2) is 0 Å². The molecule has 2 aromatic carbocycles. The zero-order chi connectivity index (χ0) is 17.9. The summed E-state index contributed by atoms with van der Waals surface area (Å²) in [5, 5.41) is 21.2. The molecule has 0 heterocycles. The Morgan fingerprint density at radius 2 is 1.80 bits per heavy atom. The average molecular weight is 340 g/mol. The van der Waals surface area contributed by atoms with E-state index in [-0.39, 0.29) is 6.61 Å². The number of aliphatic hydroxyl groups is 1. The molecule has 25 heavy (non-hydrogen) atoms. The normalized spacial score (nSPS) is 10.3. The summed E-state index contributed by atoms with van der Waals surface area (Å²) in [7, 11) is 1.61. The molecular weight excluding hydrogens is 316 g/mol. The number of hydrogen-bond acceptors (Lipinski definition) is 5. The third-order valence-corrected chi connectivity index (χ3v) is 3.75. The molecular formula is C20H24N2O3. The summed E-state index contributed by atoms with van der Waals surface area (Å²) in [6.07, 6.45) is 1.18. The van der Waals surface area contributed by atoms with E-state index in [1.807, 2.05) is 42.5 Å². The Kier molecular flexibility index (Phi) is 7.77. The molecule has 0 saturated heterocycles. The molecule has 2 rings (SSSR count). The van der Waals surface area contributed by atoms with Crippen LogP contribution in [-0.4, -0.2) is 18.8 Å². The Bertz CT molecular complexity index is 710. The maximum atomic E-state index is 9.19. The highest BCUT2D eigenvalue weighted by Crippen LogP contribution is 2.28. The van der Waals surface area contributed by atoms with Gasteiger partial charge in [-0.3, -0.25) is 0 Å². The van der Waals surface area contributed by atoms with Gasteiger partial charge < -0.3 is 19.9 Å². The fourth-order valence-electron chi connectivity index (χ4n) is 2.47. The summed E-state index contributed by atoms with van der Waals surface area (Å²) in [6, 6.07) is 15.8. The lowest BCUT2D eigenvalue weighted by molar-refractivity contribution is 0.281. The second kappa shape index (κ2) is 10.3. The largest absolute Gasteiger partial charge is 0.493 e. The average Bonchev–Trinajstić information content (AvgIpc) is 2.65. The van der Waals surface area contributed by atoms with Crippen molar-refractivity contribution in [1.29, 1.82) is 5.26 Å². The summed E-state index contributed by atoms with van der Waals surface area (Å²) in [5.41, 5.74) is 3.14. The Balaban J connectivity index is 1.91. The number of ether oxygens (including phenoxy) is 2. The van der Waals surface area contributed by atoms with Crippen LogP contribution >= 0.6 is 0 Å². The van der Waals surface area contributed by atoms with Gasteiger partial charge >= 0.3 is 0 Å². The van der Waals surface area contributed by atoms with Crippen molar-refractivity contribution in [3.05, 3.63) is 59.2 Å². The first-order chi connectivity index (χ1) is 12.3. The minimum absolute atomic E-state index is 0.0544. The number of hydrogen-bond donors (Lipinski definition) is 2. The number of rotatable bonds is 10. The Hall–Kier alpha value is -2.55. The summed E-state index contributed by atoms with van der Waals surface area (Å²) < 4.78 is 11.1. The molecule has 0 aliphatic rings. The minimum atomic E-state index is 0.0544. The van der Waals surface area contributed by atoms with Gasteiger partial charge in [0, 0.05) is 19.5 Å². The van der Waals surface area contributed by atoms with E-state index in [9.17, 15) is 5.11 Å². The van der Waals surface area contributed by atoms with Crippen LogP contribution in [0.3, 0.4) is 0 Å². The van der Waals surface area contributed by atoms with Gasteiger partial charge in [-0.1, -0.05) is 30.3 Å². The highest BCUT2D eigenvalue weighted by atomic mass is 16.5. The van der Waals surface area contributed by atoms with E-state index in [1.54, 1.807) is 7.11 Å². The summed E-state index contributed by atoms with van der Waals surface area (Å²) >= 11 is 0. The Labute approximate surface area is 148 Å². The monoisotopic (exact) mass is 340 g/mol. The number of aliphatic hydroxyl groups excluding tert-OH is 1. The zero-order valence-corrected chi connectivity index (χ0v) is 14.5. The number of nitrogens with one attached hydrogen (secondary N) is 1. The van der Waals surface area contributed by atoms with Crippen molar-refractivity contribution in [2.24, 2.45) is 0 Å². The lowest BCUT2D eigenvalue weighted by atomic mass is 10.1. The van der Waals surface area contributed by atoms with E-state index in [2.05, 4.69) is 11.4 Å². The van der Waals surface area contributed by atoms with Gasteiger partial charge in [0.1, 0.15) is 0 Å². The van der Waals surface area contributed by atoms with Crippen LogP contribution in [0.15, 0.2) is 42.5 Å². The second-order valence-corrected chi connectivity index (χ2v) is 5.68. The van der Waals surface area contributed by atoms with Crippen LogP contribution in [0.5, 0.6) is 11.5 Å². The molecule has 2 aromatic rings. The fraction of sp³-hybridized carbons (Fsp3) is 0.350. The molecule has 0 aromatic heterocycles. The lowest BCUT2D eigenvalue weighted by Crippen LogP contribution is -2.13. The van der Waals surface area contributed by atoms with Crippen molar-refractivity contribution in [2.45, 2.75) is 32.5 Å². The second-order valence-electron chi connectivity index (χ2n) is 5.68. The first-order valence-electron chi connectivity index (χ1n) is 8.33. The van der Waals surface area contributed by atoms with E-state index >= 15 is 0 Å². The SMILES string of the molecule is COc1ccc(CNCc2cccc(CO)c2)cc1OCCCC#N. The summed E-state index contributed by atoms with van der Waals surface area (Å²) in [4.78, 5) is 0. The van der Waals surface area contributed by atoms with Crippen molar-refractivity contribution >= 4 is 0 Å². The van der Waals surface area contributed by atoms with E-state index in [0.29, 0.717) is 37.5 Å². The van der Waals surface area contributed by atoms with Gasteiger partial charge in [0.25, 0.3) is 0 Å². The first-order valence-corrected chi connectivity index (χ1v) is 8.33. The summed E-state index contributed by atoms with van der Waals surface area (Å²) in [5.74, 6) is 1.39. The highest BCUT2D eigenvalue weighted by molar-refractivity contribution is 5.43. The van der Waals surface area contributed by atoms with Crippen LogP contribution in [0.25, 0.3) is 0 Å². The van der Waals surface area contributed by atoms with Crippen LogP contribution < -0.4 is 14.8 Å². The number of unbranched alkanes of at least 4 members (excludes halogenated alkanes) is 1. The third kappa shape index (κ3) is 6.11. The third-order valence-electron chi connectivity index (χ3n) is 3.75. The quantitative estimate of drug-likeness (QED) is 0.650. The van der Waals surface area contributed by atoms with Crippen LogP contribution in [0.1, 0.15) is 29.5 Å². The standard InChI is InChI=1S/C20H24N2O3/c1-24-19-8-7-17(12-20(19)25-10-3-2-9-21)14-22-13-16-5-4-6-18(11-16)15-23/h4-8,11-12,22-23H,2-3,10,13-15H2,1H3. The van der Waals surface area contributed by atoms with Gasteiger partial charge in [-0.05, 0) is 35.2 Å². The van der Waals surface area contributed by atoms with Crippen LogP contribution in [0.2, 0.25) is 0 Å². The van der Waals surface area contributed by atoms with E-state index in [0.717, 1.165) is 23.2 Å². The molecule has 5 heteroatoms. The van der Waals surface area contributed by atoms with Crippen LogP contribution in [0.4, 0.5) is 0 Å². The number of benzene rings is 2. The zero-order valence-electron chi connectivity index (χ0n) is 14.5. The number of nitrogens with zero attached hydrogens (tertiary/aromatic N) is 1. The highest BCUT2D eigenvalue weighted by Gasteiger charge is 2.06. The van der Waals surface area contributed by atoms with Gasteiger partial charge in [-0.2, -0.15) is 5.26 Å². The molecule has 0 saturated carbocycles. The molecule has 0 amide bonds. The molecule has 5 nitrogen and oxygen atoms in total. The van der Waals surface area contributed by atoms with Crippen molar-refractivity contribution in [2.75, 3.05) is 13.7 Å². The molecule has 0 radical (unpaired) electrons. The molecule has 0 unspecified atom stereocenters. The molecule has 0 bridgehead atoms. The first kappa shape index (κ1) is 18.8. The van der Waals surface area contributed by atoms with E-state index < -0.39 is 0 Å². The molecule has 0 atom stereocenters. The fourth-order valence-corrected chi connectivity index (χ4v) is 2.47. The van der Waals surface area contributed by atoms with Gasteiger partial charge in [-0.15, -0.1) is 0 Å². The van der Waals surface area contributed by atoms with Gasteiger partial charge in [0.15, 0.2) is 11.5 Å². The predicted octanol–water partition coefficient (Wildman–Crippen LogP) is 3.16. The van der Waals surface area contributed by atoms with Crippen molar-refractivity contribution in [3.8, 4) is 17.6 Å². The van der Waals surface area contributed by atoms with E-state index in [1.165, 1.54) is 0 Å². The maximum absolute atomic E-state index is 9.19.